The number of aliphatic hydroxyl groups is 1. The SMILES string of the molecule is CCCC(N)(CO)C(=O)O. The molecule has 0 aromatic carbocycles. The van der Waals surface area contributed by atoms with E-state index in [1.54, 1.807) is 0 Å². The predicted molar refractivity (Wildman–Crippen MR) is 36.5 cm³/mol. The van der Waals surface area contributed by atoms with Gasteiger partial charge in [-0.05, 0) is 6.42 Å². The quantitative estimate of drug-likeness (QED) is 0.503. The summed E-state index contributed by atoms with van der Waals surface area (Å²) in [7, 11) is 0. The summed E-state index contributed by atoms with van der Waals surface area (Å²) in [5, 5.41) is 17.1. The minimum atomic E-state index is -1.44. The van der Waals surface area contributed by atoms with Gasteiger partial charge in [-0.15, -0.1) is 0 Å². The highest BCUT2D eigenvalue weighted by atomic mass is 16.4. The van der Waals surface area contributed by atoms with Crippen LogP contribution in [-0.2, 0) is 4.79 Å². The number of aliphatic carboxylic acids is 1. The van der Waals surface area contributed by atoms with E-state index in [4.69, 9.17) is 15.9 Å². The molecule has 0 radical (unpaired) electrons. The Morgan fingerprint density at radius 3 is 2.30 bits per heavy atom. The van der Waals surface area contributed by atoms with E-state index in [9.17, 15) is 4.79 Å². The van der Waals surface area contributed by atoms with Gasteiger partial charge in [-0.25, -0.2) is 0 Å². The Labute approximate surface area is 59.7 Å². The van der Waals surface area contributed by atoms with E-state index in [1.165, 1.54) is 0 Å². The second-order valence-electron chi connectivity index (χ2n) is 2.37. The average molecular weight is 147 g/mol. The molecule has 0 aliphatic heterocycles. The van der Waals surface area contributed by atoms with Gasteiger partial charge in [0, 0.05) is 0 Å². The summed E-state index contributed by atoms with van der Waals surface area (Å²) in [5.74, 6) is -1.14. The van der Waals surface area contributed by atoms with Gasteiger partial charge in [0.15, 0.2) is 0 Å². The number of carbonyl (C=O) groups is 1. The Balaban J connectivity index is 4.08. The molecule has 0 amide bonds. The van der Waals surface area contributed by atoms with Gasteiger partial charge < -0.3 is 15.9 Å². The van der Waals surface area contributed by atoms with Crippen molar-refractivity contribution in [2.45, 2.75) is 25.3 Å². The van der Waals surface area contributed by atoms with Crippen molar-refractivity contribution in [2.24, 2.45) is 5.73 Å². The maximum atomic E-state index is 10.4. The third kappa shape index (κ3) is 1.97. The van der Waals surface area contributed by atoms with Gasteiger partial charge in [-0.1, -0.05) is 13.3 Å². The lowest BCUT2D eigenvalue weighted by atomic mass is 9.97. The summed E-state index contributed by atoms with van der Waals surface area (Å²) in [4.78, 5) is 10.4. The van der Waals surface area contributed by atoms with Crippen LogP contribution in [0.3, 0.4) is 0 Å². The van der Waals surface area contributed by atoms with Gasteiger partial charge in [-0.2, -0.15) is 0 Å². The Kier molecular flexibility index (Phi) is 3.32. The van der Waals surface area contributed by atoms with Crippen LogP contribution in [0.15, 0.2) is 0 Å². The van der Waals surface area contributed by atoms with Crippen molar-refractivity contribution in [1.29, 1.82) is 0 Å². The maximum Gasteiger partial charge on any atom is 0.326 e. The number of carboxylic acids is 1. The highest BCUT2D eigenvalue weighted by Gasteiger charge is 2.31. The van der Waals surface area contributed by atoms with Crippen molar-refractivity contribution in [3.8, 4) is 0 Å². The van der Waals surface area contributed by atoms with Crippen molar-refractivity contribution >= 4 is 5.97 Å². The smallest absolute Gasteiger partial charge is 0.326 e. The van der Waals surface area contributed by atoms with E-state index in [2.05, 4.69) is 0 Å². The van der Waals surface area contributed by atoms with Crippen molar-refractivity contribution in [1.82, 2.24) is 0 Å². The maximum absolute atomic E-state index is 10.4. The van der Waals surface area contributed by atoms with Crippen LogP contribution in [-0.4, -0.2) is 28.3 Å². The fourth-order valence-electron chi connectivity index (χ4n) is 0.700. The van der Waals surface area contributed by atoms with Gasteiger partial charge >= 0.3 is 5.97 Å². The lowest BCUT2D eigenvalue weighted by Crippen LogP contribution is -2.51. The molecule has 4 nitrogen and oxygen atoms in total. The van der Waals surface area contributed by atoms with Crippen molar-refractivity contribution in [2.75, 3.05) is 6.61 Å². The summed E-state index contributed by atoms with van der Waals surface area (Å²) in [5.41, 5.74) is 3.87. The molecule has 0 heterocycles. The molecule has 0 aromatic rings. The molecule has 4 heteroatoms. The van der Waals surface area contributed by atoms with Gasteiger partial charge in [-0.3, -0.25) is 4.79 Å². The van der Waals surface area contributed by atoms with E-state index in [0.717, 1.165) is 0 Å². The molecule has 0 aromatic heterocycles. The molecule has 0 rings (SSSR count). The molecule has 0 aliphatic rings. The fourth-order valence-corrected chi connectivity index (χ4v) is 0.700. The van der Waals surface area contributed by atoms with Crippen LogP contribution in [0, 0.1) is 0 Å². The van der Waals surface area contributed by atoms with Crippen LogP contribution >= 0.6 is 0 Å². The molecule has 0 fully saturated rings. The van der Waals surface area contributed by atoms with E-state index >= 15 is 0 Å². The van der Waals surface area contributed by atoms with Gasteiger partial charge in [0.1, 0.15) is 5.54 Å². The van der Waals surface area contributed by atoms with Crippen LogP contribution in [0.25, 0.3) is 0 Å². The van der Waals surface area contributed by atoms with Crippen molar-refractivity contribution in [3.05, 3.63) is 0 Å². The molecule has 1 unspecified atom stereocenters. The first-order valence-electron chi connectivity index (χ1n) is 3.20. The van der Waals surface area contributed by atoms with Gasteiger partial charge in [0.05, 0.1) is 6.61 Å². The Hall–Kier alpha value is -0.610. The first kappa shape index (κ1) is 9.39. The van der Waals surface area contributed by atoms with E-state index < -0.39 is 18.1 Å². The van der Waals surface area contributed by atoms with Crippen molar-refractivity contribution < 1.29 is 15.0 Å². The summed E-state index contributed by atoms with van der Waals surface area (Å²) >= 11 is 0. The van der Waals surface area contributed by atoms with E-state index in [0.29, 0.717) is 12.8 Å². The molecular weight excluding hydrogens is 134 g/mol. The summed E-state index contributed by atoms with van der Waals surface area (Å²) in [6, 6.07) is 0. The number of hydrogen-bond donors (Lipinski definition) is 3. The number of carboxylic acid groups (broad SMARTS) is 1. The first-order valence-corrected chi connectivity index (χ1v) is 3.20. The van der Waals surface area contributed by atoms with E-state index in [-0.39, 0.29) is 0 Å². The van der Waals surface area contributed by atoms with Crippen LogP contribution in [0.4, 0.5) is 0 Å². The van der Waals surface area contributed by atoms with Crippen molar-refractivity contribution in [3.63, 3.8) is 0 Å². The molecule has 10 heavy (non-hydrogen) atoms. The molecule has 0 aliphatic carbocycles. The molecule has 60 valence electrons. The summed E-state index contributed by atoms with van der Waals surface area (Å²) < 4.78 is 0. The average Bonchev–Trinajstić information content (AvgIpc) is 1.88. The molecule has 0 saturated heterocycles. The summed E-state index contributed by atoms with van der Waals surface area (Å²) in [6.07, 6.45) is 0.961. The fraction of sp³-hybridized carbons (Fsp3) is 0.833. The highest BCUT2D eigenvalue weighted by Crippen LogP contribution is 2.07. The predicted octanol–water partition coefficient (Wildman–Crippen LogP) is -0.439. The lowest BCUT2D eigenvalue weighted by Gasteiger charge is -2.20. The number of hydrogen-bond acceptors (Lipinski definition) is 3. The normalized spacial score (nSPS) is 16.3. The standard InChI is InChI=1S/C6H13NO3/c1-2-3-6(7,4-8)5(9)10/h8H,2-4,7H2,1H3,(H,9,10). The first-order chi connectivity index (χ1) is 4.56. The monoisotopic (exact) mass is 147 g/mol. The minimum Gasteiger partial charge on any atom is -0.480 e. The zero-order valence-corrected chi connectivity index (χ0v) is 6.00. The van der Waals surface area contributed by atoms with Gasteiger partial charge in [0.2, 0.25) is 0 Å². The largest absolute Gasteiger partial charge is 0.480 e. The van der Waals surface area contributed by atoms with Crippen LogP contribution in [0.5, 0.6) is 0 Å². The Morgan fingerprint density at radius 2 is 2.20 bits per heavy atom. The third-order valence-electron chi connectivity index (χ3n) is 1.40. The van der Waals surface area contributed by atoms with Gasteiger partial charge in [0.25, 0.3) is 0 Å². The second kappa shape index (κ2) is 3.53. The second-order valence-corrected chi connectivity index (χ2v) is 2.37. The molecule has 1 atom stereocenters. The number of nitrogens with two attached hydrogens (primary N) is 1. The topological polar surface area (TPSA) is 83.5 Å². The van der Waals surface area contributed by atoms with Crippen LogP contribution < -0.4 is 5.73 Å². The van der Waals surface area contributed by atoms with E-state index in [1.807, 2.05) is 6.92 Å². The number of rotatable bonds is 4. The zero-order chi connectivity index (χ0) is 8.20. The van der Waals surface area contributed by atoms with Crippen LogP contribution in [0.1, 0.15) is 19.8 Å². The number of aliphatic hydroxyl groups excluding tert-OH is 1. The molecule has 0 saturated carbocycles. The van der Waals surface area contributed by atoms with Crippen LogP contribution in [0.2, 0.25) is 0 Å². The zero-order valence-electron chi connectivity index (χ0n) is 6.00. The Bertz CT molecular complexity index is 126. The highest BCUT2D eigenvalue weighted by molar-refractivity contribution is 5.78. The lowest BCUT2D eigenvalue weighted by molar-refractivity contribution is -0.145. The third-order valence-corrected chi connectivity index (χ3v) is 1.40. The molecular formula is C6H13NO3. The minimum absolute atomic E-state index is 0.304. The Morgan fingerprint density at radius 1 is 1.70 bits per heavy atom. The summed E-state index contributed by atoms with van der Waals surface area (Å²) in [6.45, 7) is 1.32. The molecule has 0 bridgehead atoms. The molecule has 0 spiro atoms. The molecule has 4 N–H and O–H groups in total.